The van der Waals surface area contributed by atoms with Gasteiger partial charge in [-0.25, -0.2) is 0 Å². The average molecular weight is 536 g/mol. The molecule has 3 rings (SSSR count). The van der Waals surface area contributed by atoms with Crippen molar-refractivity contribution in [2.75, 3.05) is 41.0 Å². The molecule has 0 atom stereocenters. The molecule has 2 amide bonds. The van der Waals surface area contributed by atoms with Crippen molar-refractivity contribution < 1.29 is 23.8 Å². The third-order valence-electron chi connectivity index (χ3n) is 6.61. The van der Waals surface area contributed by atoms with Crippen LogP contribution < -0.4 is 9.47 Å². The summed E-state index contributed by atoms with van der Waals surface area (Å²) in [5, 5.41) is 0. The molecule has 0 unspecified atom stereocenters. The molecule has 8 nitrogen and oxygen atoms in total. The van der Waals surface area contributed by atoms with Crippen LogP contribution in [0.1, 0.15) is 48.0 Å². The Kier molecular flexibility index (Phi) is 10.2. The first-order valence-electron chi connectivity index (χ1n) is 13.1. The van der Waals surface area contributed by atoms with Crippen LogP contribution in [0.5, 0.6) is 11.5 Å². The molecule has 0 bridgehead atoms. The lowest BCUT2D eigenvalue weighted by Crippen LogP contribution is -2.50. The highest BCUT2D eigenvalue weighted by Gasteiger charge is 2.31. The van der Waals surface area contributed by atoms with E-state index < -0.39 is 5.54 Å². The summed E-state index contributed by atoms with van der Waals surface area (Å²) < 4.78 is 18.1. The normalized spacial score (nSPS) is 11.3. The van der Waals surface area contributed by atoms with Crippen LogP contribution >= 0.6 is 0 Å². The van der Waals surface area contributed by atoms with Crippen molar-refractivity contribution in [3.05, 3.63) is 83.2 Å². The zero-order chi connectivity index (χ0) is 28.6. The SMILES string of the molecule is COCCN(CC(=O)N(Cc1cccn1Cc1cccc(C)c1)C(C)(C)C)C(=O)c1ccc(OC)cc1OC. The first kappa shape index (κ1) is 29.8. The second-order valence-electron chi connectivity index (χ2n) is 10.6. The van der Waals surface area contributed by atoms with E-state index in [1.807, 2.05) is 44.0 Å². The van der Waals surface area contributed by atoms with Crippen molar-refractivity contribution in [1.29, 1.82) is 0 Å². The number of aryl methyl sites for hydroxylation is 1. The number of benzene rings is 2. The Hall–Kier alpha value is -3.78. The summed E-state index contributed by atoms with van der Waals surface area (Å²) in [6.45, 7) is 9.70. The van der Waals surface area contributed by atoms with Gasteiger partial charge in [0.1, 0.15) is 18.0 Å². The molecule has 0 N–H and O–H groups in total. The number of amides is 2. The van der Waals surface area contributed by atoms with Gasteiger partial charge in [0.25, 0.3) is 5.91 Å². The van der Waals surface area contributed by atoms with E-state index in [4.69, 9.17) is 14.2 Å². The Balaban J connectivity index is 1.84. The van der Waals surface area contributed by atoms with E-state index in [2.05, 4.69) is 35.8 Å². The largest absolute Gasteiger partial charge is 0.497 e. The van der Waals surface area contributed by atoms with E-state index in [0.717, 1.165) is 5.69 Å². The van der Waals surface area contributed by atoms with Gasteiger partial charge in [-0.1, -0.05) is 29.8 Å². The standard InChI is InChI=1S/C31H41N3O5/c1-23-10-8-11-24(18-23)20-32-15-9-12-25(32)21-34(31(2,3)4)29(35)22-33(16-17-37-5)30(36)27-14-13-26(38-6)19-28(27)39-7/h8-15,18-19H,16-17,20-22H2,1-7H3. The number of nitrogens with zero attached hydrogens (tertiary/aromatic N) is 3. The van der Waals surface area contributed by atoms with Crippen LogP contribution in [0.25, 0.3) is 0 Å². The molecule has 2 aromatic carbocycles. The molecule has 39 heavy (non-hydrogen) atoms. The molecule has 3 aromatic rings. The summed E-state index contributed by atoms with van der Waals surface area (Å²) in [6.07, 6.45) is 2.04. The van der Waals surface area contributed by atoms with Gasteiger partial charge in [-0.05, 0) is 57.5 Å². The highest BCUT2D eigenvalue weighted by molar-refractivity contribution is 5.99. The van der Waals surface area contributed by atoms with Crippen molar-refractivity contribution in [3.8, 4) is 11.5 Å². The third-order valence-corrected chi connectivity index (χ3v) is 6.61. The van der Waals surface area contributed by atoms with Crippen LogP contribution in [-0.4, -0.2) is 72.7 Å². The molecule has 0 radical (unpaired) electrons. The van der Waals surface area contributed by atoms with Crippen LogP contribution in [0.3, 0.4) is 0 Å². The van der Waals surface area contributed by atoms with Crippen LogP contribution in [0.4, 0.5) is 0 Å². The molecular formula is C31H41N3O5. The first-order valence-corrected chi connectivity index (χ1v) is 13.1. The molecule has 0 saturated heterocycles. The maximum absolute atomic E-state index is 13.8. The average Bonchev–Trinajstić information content (AvgIpc) is 3.34. The monoisotopic (exact) mass is 535 g/mol. The molecule has 210 valence electrons. The van der Waals surface area contributed by atoms with Crippen LogP contribution in [-0.2, 0) is 22.6 Å². The van der Waals surface area contributed by atoms with Crippen molar-refractivity contribution in [3.63, 3.8) is 0 Å². The highest BCUT2D eigenvalue weighted by Crippen LogP contribution is 2.26. The number of rotatable bonds is 12. The first-order chi connectivity index (χ1) is 18.6. The van der Waals surface area contributed by atoms with Crippen molar-refractivity contribution in [1.82, 2.24) is 14.4 Å². The zero-order valence-corrected chi connectivity index (χ0v) is 24.2. The maximum Gasteiger partial charge on any atom is 0.258 e. The van der Waals surface area contributed by atoms with E-state index in [0.29, 0.717) is 36.8 Å². The molecule has 0 saturated carbocycles. The Morgan fingerprint density at radius 1 is 0.949 bits per heavy atom. The summed E-state index contributed by atoms with van der Waals surface area (Å²) in [5.41, 5.74) is 3.32. The van der Waals surface area contributed by atoms with E-state index >= 15 is 0 Å². The number of methoxy groups -OCH3 is 3. The fourth-order valence-electron chi connectivity index (χ4n) is 4.46. The second-order valence-corrected chi connectivity index (χ2v) is 10.6. The van der Waals surface area contributed by atoms with Gasteiger partial charge >= 0.3 is 0 Å². The van der Waals surface area contributed by atoms with Crippen molar-refractivity contribution >= 4 is 11.8 Å². The minimum Gasteiger partial charge on any atom is -0.497 e. The summed E-state index contributed by atoms with van der Waals surface area (Å²) in [4.78, 5) is 30.8. The number of hydrogen-bond acceptors (Lipinski definition) is 5. The Morgan fingerprint density at radius 3 is 2.36 bits per heavy atom. The van der Waals surface area contributed by atoms with Crippen LogP contribution in [0.2, 0.25) is 0 Å². The Morgan fingerprint density at radius 2 is 1.72 bits per heavy atom. The minimum absolute atomic E-state index is 0.0900. The third kappa shape index (κ3) is 7.86. The topological polar surface area (TPSA) is 73.2 Å². The second kappa shape index (κ2) is 13.3. The fraction of sp³-hybridized carbons (Fsp3) is 0.419. The number of carbonyl (C=O) groups is 2. The van der Waals surface area contributed by atoms with Gasteiger partial charge in [0.2, 0.25) is 5.91 Å². The zero-order valence-electron chi connectivity index (χ0n) is 24.2. The van der Waals surface area contributed by atoms with Gasteiger partial charge in [0, 0.05) is 43.7 Å². The van der Waals surface area contributed by atoms with E-state index in [1.165, 1.54) is 23.1 Å². The van der Waals surface area contributed by atoms with Crippen molar-refractivity contribution in [2.45, 2.75) is 46.3 Å². The van der Waals surface area contributed by atoms with Crippen molar-refractivity contribution in [2.24, 2.45) is 0 Å². The summed E-state index contributed by atoms with van der Waals surface area (Å²) in [5.74, 6) is 0.505. The van der Waals surface area contributed by atoms with Gasteiger partial charge < -0.3 is 28.6 Å². The molecule has 0 fully saturated rings. The summed E-state index contributed by atoms with van der Waals surface area (Å²) in [6, 6.07) is 17.5. The lowest BCUT2D eigenvalue weighted by Gasteiger charge is -2.37. The molecule has 0 aliphatic rings. The van der Waals surface area contributed by atoms with Gasteiger partial charge in [-0.2, -0.15) is 0 Å². The molecule has 0 aliphatic heterocycles. The van der Waals surface area contributed by atoms with Gasteiger partial charge in [-0.3, -0.25) is 9.59 Å². The van der Waals surface area contributed by atoms with Gasteiger partial charge in [0.15, 0.2) is 0 Å². The quantitative estimate of drug-likeness (QED) is 0.334. The predicted octanol–water partition coefficient (Wildman–Crippen LogP) is 4.78. The molecule has 0 aliphatic carbocycles. The van der Waals surface area contributed by atoms with Gasteiger partial charge in [-0.15, -0.1) is 0 Å². The van der Waals surface area contributed by atoms with E-state index in [1.54, 1.807) is 32.4 Å². The predicted molar refractivity (Wildman–Crippen MR) is 152 cm³/mol. The number of hydrogen-bond donors (Lipinski definition) is 0. The van der Waals surface area contributed by atoms with E-state index in [9.17, 15) is 9.59 Å². The Bertz CT molecular complexity index is 1260. The molecular weight excluding hydrogens is 494 g/mol. The fourth-order valence-corrected chi connectivity index (χ4v) is 4.46. The maximum atomic E-state index is 13.8. The molecule has 8 heteroatoms. The molecule has 0 spiro atoms. The lowest BCUT2D eigenvalue weighted by atomic mass is 10.0. The Labute approximate surface area is 232 Å². The number of ether oxygens (including phenoxy) is 3. The molecule has 1 heterocycles. The van der Waals surface area contributed by atoms with E-state index in [-0.39, 0.29) is 24.9 Å². The molecule has 1 aromatic heterocycles. The summed E-state index contributed by atoms with van der Waals surface area (Å²) >= 11 is 0. The number of aromatic nitrogens is 1. The highest BCUT2D eigenvalue weighted by atomic mass is 16.5. The minimum atomic E-state index is -0.469. The van der Waals surface area contributed by atoms with Crippen LogP contribution in [0.15, 0.2) is 60.8 Å². The lowest BCUT2D eigenvalue weighted by molar-refractivity contribution is -0.137. The van der Waals surface area contributed by atoms with Gasteiger partial charge in [0.05, 0.1) is 32.9 Å². The smallest absolute Gasteiger partial charge is 0.258 e. The number of carbonyl (C=O) groups excluding carboxylic acids is 2. The summed E-state index contributed by atoms with van der Waals surface area (Å²) in [7, 11) is 4.63. The van der Waals surface area contributed by atoms with Crippen LogP contribution in [0, 0.1) is 6.92 Å².